The average Bonchev–Trinajstić information content (AvgIpc) is 2.58. The molecule has 1 N–H and O–H groups in total. The first-order valence-corrected chi connectivity index (χ1v) is 9.82. The second-order valence-corrected chi connectivity index (χ2v) is 7.49. The minimum absolute atomic E-state index is 0.141. The number of ether oxygens (including phenoxy) is 1. The Kier molecular flexibility index (Phi) is 6.20. The topological polar surface area (TPSA) is 75.7 Å². The highest BCUT2D eigenvalue weighted by Gasteiger charge is 2.16. The Balaban J connectivity index is 2.20. The zero-order valence-electron chi connectivity index (χ0n) is 14.8. The van der Waals surface area contributed by atoms with Gasteiger partial charge in [-0.25, -0.2) is 12.8 Å². The highest BCUT2D eigenvalue weighted by Crippen LogP contribution is 2.20. The fraction of sp³-hybridized carbons (Fsp3) is 0.278. The first-order chi connectivity index (χ1) is 12.2. The van der Waals surface area contributed by atoms with Crippen LogP contribution in [0.1, 0.15) is 22.8 Å². The van der Waals surface area contributed by atoms with E-state index in [1.54, 1.807) is 29.2 Å². The van der Waals surface area contributed by atoms with Gasteiger partial charge in [-0.1, -0.05) is 12.1 Å². The van der Waals surface area contributed by atoms with Crippen molar-refractivity contribution < 1.29 is 22.3 Å². The maximum atomic E-state index is 13.8. The summed E-state index contributed by atoms with van der Waals surface area (Å²) in [5.74, 6) is -0.628. The number of rotatable bonds is 7. The second kappa shape index (κ2) is 8.18. The molecule has 0 aliphatic rings. The zero-order chi connectivity index (χ0) is 19.3. The predicted molar refractivity (Wildman–Crippen MR) is 98.3 cm³/mol. The Hall–Kier alpha value is -2.61. The smallest absolute Gasteiger partial charge is 0.254 e. The van der Waals surface area contributed by atoms with Crippen molar-refractivity contribution in [2.45, 2.75) is 13.5 Å². The van der Waals surface area contributed by atoms with Crippen LogP contribution in [-0.2, 0) is 16.6 Å². The largest absolute Gasteiger partial charge is 0.494 e. The lowest BCUT2D eigenvalue weighted by atomic mass is 10.1. The molecule has 0 spiro atoms. The number of nitrogens with zero attached hydrogens (tertiary/aromatic N) is 1. The molecule has 0 heterocycles. The van der Waals surface area contributed by atoms with E-state index in [2.05, 4.69) is 4.72 Å². The molecule has 8 heteroatoms. The van der Waals surface area contributed by atoms with Crippen LogP contribution in [0, 0.1) is 5.82 Å². The molecule has 0 atom stereocenters. The van der Waals surface area contributed by atoms with Crippen molar-refractivity contribution in [3.63, 3.8) is 0 Å². The minimum atomic E-state index is -3.43. The lowest BCUT2D eigenvalue weighted by molar-refractivity contribution is 0.0752. The van der Waals surface area contributed by atoms with Gasteiger partial charge in [0.2, 0.25) is 10.0 Å². The molecule has 0 saturated carbocycles. The van der Waals surface area contributed by atoms with E-state index in [-0.39, 0.29) is 18.2 Å². The van der Waals surface area contributed by atoms with Gasteiger partial charge in [-0.05, 0) is 42.8 Å². The summed E-state index contributed by atoms with van der Waals surface area (Å²) in [6.45, 7) is 2.45. The lowest BCUT2D eigenvalue weighted by Crippen LogP contribution is -2.30. The van der Waals surface area contributed by atoms with Crippen LogP contribution in [0.4, 0.5) is 10.1 Å². The normalized spacial score (nSPS) is 11.1. The molecule has 0 bridgehead atoms. The third kappa shape index (κ3) is 5.19. The van der Waals surface area contributed by atoms with Crippen LogP contribution in [0.5, 0.6) is 5.75 Å². The van der Waals surface area contributed by atoms with Crippen LogP contribution in [-0.4, -0.2) is 39.1 Å². The van der Waals surface area contributed by atoms with Crippen LogP contribution in [0.25, 0.3) is 0 Å². The van der Waals surface area contributed by atoms with Crippen LogP contribution in [0.3, 0.4) is 0 Å². The predicted octanol–water partition coefficient (Wildman–Crippen LogP) is 2.87. The van der Waals surface area contributed by atoms with Gasteiger partial charge >= 0.3 is 0 Å². The van der Waals surface area contributed by atoms with E-state index in [0.717, 1.165) is 6.26 Å². The number of sulfonamides is 1. The molecule has 2 rings (SSSR count). The van der Waals surface area contributed by atoms with Crippen molar-refractivity contribution in [1.82, 2.24) is 4.90 Å². The first-order valence-electron chi connectivity index (χ1n) is 7.93. The number of benzene rings is 2. The molecular weight excluding hydrogens is 359 g/mol. The van der Waals surface area contributed by atoms with E-state index in [1.165, 1.54) is 25.3 Å². The molecule has 140 valence electrons. The number of hydrogen-bond donors (Lipinski definition) is 1. The monoisotopic (exact) mass is 380 g/mol. The number of halogens is 1. The summed E-state index contributed by atoms with van der Waals surface area (Å²) in [7, 11) is -2.05. The number of methoxy groups -OCH3 is 1. The van der Waals surface area contributed by atoms with Gasteiger partial charge in [0, 0.05) is 24.3 Å². The van der Waals surface area contributed by atoms with Gasteiger partial charge in [-0.3, -0.25) is 9.52 Å². The van der Waals surface area contributed by atoms with Crippen molar-refractivity contribution in [3.8, 4) is 5.75 Å². The van der Waals surface area contributed by atoms with Crippen LogP contribution in [0.2, 0.25) is 0 Å². The molecule has 6 nitrogen and oxygen atoms in total. The Labute approximate surface area is 152 Å². The van der Waals surface area contributed by atoms with Crippen molar-refractivity contribution in [2.24, 2.45) is 0 Å². The minimum Gasteiger partial charge on any atom is -0.494 e. The molecule has 0 saturated heterocycles. The van der Waals surface area contributed by atoms with Crippen molar-refractivity contribution in [3.05, 3.63) is 59.4 Å². The van der Waals surface area contributed by atoms with E-state index in [9.17, 15) is 17.6 Å². The maximum absolute atomic E-state index is 13.8. The molecule has 26 heavy (non-hydrogen) atoms. The van der Waals surface area contributed by atoms with Gasteiger partial charge < -0.3 is 9.64 Å². The standard InChI is InChI=1S/C18H21FN2O4S/c1-4-21(12-13-8-9-17(25-2)16(19)10-13)18(22)14-6-5-7-15(11-14)20-26(3,23)24/h5-11,20H,4,12H2,1-3H3. The second-order valence-electron chi connectivity index (χ2n) is 5.74. The molecule has 2 aromatic rings. The van der Waals surface area contributed by atoms with E-state index >= 15 is 0 Å². The van der Waals surface area contributed by atoms with Gasteiger partial charge in [-0.2, -0.15) is 0 Å². The third-order valence-corrected chi connectivity index (χ3v) is 4.28. The molecule has 0 fully saturated rings. The number of amides is 1. The molecule has 0 aliphatic carbocycles. The summed E-state index contributed by atoms with van der Waals surface area (Å²) >= 11 is 0. The Morgan fingerprint density at radius 3 is 2.54 bits per heavy atom. The molecule has 0 unspecified atom stereocenters. The summed E-state index contributed by atoms with van der Waals surface area (Å²) in [5, 5.41) is 0. The fourth-order valence-electron chi connectivity index (χ4n) is 2.47. The zero-order valence-corrected chi connectivity index (χ0v) is 15.6. The van der Waals surface area contributed by atoms with Crippen molar-refractivity contribution >= 4 is 21.6 Å². The van der Waals surface area contributed by atoms with E-state index in [1.807, 2.05) is 6.92 Å². The van der Waals surface area contributed by atoms with Crippen molar-refractivity contribution in [1.29, 1.82) is 0 Å². The number of carbonyl (C=O) groups excluding carboxylic acids is 1. The SMILES string of the molecule is CCN(Cc1ccc(OC)c(F)c1)C(=O)c1cccc(NS(C)(=O)=O)c1. The van der Waals surface area contributed by atoms with Gasteiger partial charge in [0.15, 0.2) is 11.6 Å². The van der Waals surface area contributed by atoms with Crippen LogP contribution < -0.4 is 9.46 Å². The van der Waals surface area contributed by atoms with E-state index < -0.39 is 15.8 Å². The molecule has 0 aliphatic heterocycles. The molecule has 1 amide bonds. The highest BCUT2D eigenvalue weighted by molar-refractivity contribution is 7.92. The van der Waals surface area contributed by atoms with Gasteiger partial charge in [0.05, 0.1) is 13.4 Å². The molecule has 0 aromatic heterocycles. The summed E-state index contributed by atoms with van der Waals surface area (Å²) in [6, 6.07) is 10.8. The first kappa shape index (κ1) is 19.7. The van der Waals surface area contributed by atoms with E-state index in [4.69, 9.17) is 4.74 Å². The van der Waals surface area contributed by atoms with Gasteiger partial charge in [0.1, 0.15) is 0 Å². The van der Waals surface area contributed by atoms with Crippen LogP contribution in [0.15, 0.2) is 42.5 Å². The molecular formula is C18H21FN2O4S. The molecule has 2 aromatic carbocycles. The number of carbonyl (C=O) groups is 1. The number of hydrogen-bond acceptors (Lipinski definition) is 4. The number of anilines is 1. The quantitative estimate of drug-likeness (QED) is 0.801. The maximum Gasteiger partial charge on any atom is 0.254 e. The van der Waals surface area contributed by atoms with Crippen LogP contribution >= 0.6 is 0 Å². The fourth-order valence-corrected chi connectivity index (χ4v) is 3.02. The Morgan fingerprint density at radius 1 is 1.23 bits per heavy atom. The molecule has 0 radical (unpaired) electrons. The summed E-state index contributed by atoms with van der Waals surface area (Å²) < 4.78 is 43.8. The highest BCUT2D eigenvalue weighted by atomic mass is 32.2. The Morgan fingerprint density at radius 2 is 1.96 bits per heavy atom. The summed E-state index contributed by atoms with van der Waals surface area (Å²) in [5.41, 5.74) is 1.28. The van der Waals surface area contributed by atoms with Crippen molar-refractivity contribution in [2.75, 3.05) is 24.6 Å². The summed E-state index contributed by atoms with van der Waals surface area (Å²) in [4.78, 5) is 14.3. The van der Waals surface area contributed by atoms with Gasteiger partial charge in [-0.15, -0.1) is 0 Å². The van der Waals surface area contributed by atoms with Gasteiger partial charge in [0.25, 0.3) is 5.91 Å². The lowest BCUT2D eigenvalue weighted by Gasteiger charge is -2.21. The van der Waals surface area contributed by atoms with E-state index in [0.29, 0.717) is 23.4 Å². The third-order valence-electron chi connectivity index (χ3n) is 3.67. The summed E-state index contributed by atoms with van der Waals surface area (Å²) in [6.07, 6.45) is 1.04. The number of nitrogens with one attached hydrogen (secondary N) is 1. The average molecular weight is 380 g/mol. The Bertz CT molecular complexity index is 900.